The molecule has 7 heteroatoms. The summed E-state index contributed by atoms with van der Waals surface area (Å²) in [4.78, 5) is 26.1. The second-order valence-corrected chi connectivity index (χ2v) is 4.51. The van der Waals surface area contributed by atoms with Gasteiger partial charge < -0.3 is 15.7 Å². The molecule has 19 heavy (non-hydrogen) atoms. The number of carbonyl (C=O) groups is 2. The van der Waals surface area contributed by atoms with E-state index in [0.717, 1.165) is 10.8 Å². The summed E-state index contributed by atoms with van der Waals surface area (Å²) in [6.07, 6.45) is 1.68. The van der Waals surface area contributed by atoms with Crippen molar-refractivity contribution in [2.45, 2.75) is 0 Å². The number of nitrogens with one attached hydrogen (secondary N) is 2. The average Bonchev–Trinajstić information content (AvgIpc) is 2.89. The molecule has 2 aromatic rings. The number of hydrogen-bond acceptors (Lipinski definition) is 5. The van der Waals surface area contributed by atoms with Crippen molar-refractivity contribution >= 4 is 34.0 Å². The number of thiazole rings is 1. The molecule has 0 saturated carbocycles. The standard InChI is InChI=1S/C12H11N3O3S/c16-10(17)7-14-11(18)8-2-1-3-9(6-8)15-12-13-4-5-19-12/h1-6H,7H2,(H,13,15)(H,14,18)(H,16,17). The van der Waals surface area contributed by atoms with Crippen molar-refractivity contribution in [3.63, 3.8) is 0 Å². The molecule has 1 amide bonds. The van der Waals surface area contributed by atoms with Gasteiger partial charge in [-0.3, -0.25) is 9.59 Å². The summed E-state index contributed by atoms with van der Waals surface area (Å²) in [6, 6.07) is 6.77. The molecule has 1 aromatic carbocycles. The van der Waals surface area contributed by atoms with Crippen LogP contribution in [0, 0.1) is 0 Å². The van der Waals surface area contributed by atoms with E-state index in [1.807, 2.05) is 5.38 Å². The molecule has 0 aliphatic heterocycles. The minimum absolute atomic E-state index is 0.391. The Morgan fingerprint density at radius 1 is 1.37 bits per heavy atom. The maximum absolute atomic E-state index is 11.7. The molecule has 0 radical (unpaired) electrons. The predicted octanol–water partition coefficient (Wildman–Crippen LogP) is 1.70. The van der Waals surface area contributed by atoms with E-state index in [0.29, 0.717) is 5.56 Å². The third-order valence-corrected chi connectivity index (χ3v) is 2.90. The molecule has 0 fully saturated rings. The number of nitrogens with zero attached hydrogens (tertiary/aromatic N) is 1. The summed E-state index contributed by atoms with van der Waals surface area (Å²) < 4.78 is 0. The molecular formula is C12H11N3O3S. The number of carboxylic acid groups (broad SMARTS) is 1. The molecule has 0 saturated heterocycles. The number of anilines is 2. The first kappa shape index (κ1) is 13.0. The summed E-state index contributed by atoms with van der Waals surface area (Å²) in [5.74, 6) is -1.50. The number of aliphatic carboxylic acids is 1. The Hall–Kier alpha value is -2.41. The van der Waals surface area contributed by atoms with Crippen LogP contribution < -0.4 is 10.6 Å². The lowest BCUT2D eigenvalue weighted by molar-refractivity contribution is -0.135. The van der Waals surface area contributed by atoms with E-state index in [4.69, 9.17) is 5.11 Å². The molecule has 1 aromatic heterocycles. The third kappa shape index (κ3) is 3.78. The summed E-state index contributed by atoms with van der Waals surface area (Å²) >= 11 is 1.45. The highest BCUT2D eigenvalue weighted by Gasteiger charge is 2.08. The van der Waals surface area contributed by atoms with E-state index < -0.39 is 18.4 Å². The number of aromatic nitrogens is 1. The fourth-order valence-corrected chi connectivity index (χ4v) is 1.95. The highest BCUT2D eigenvalue weighted by atomic mass is 32.1. The van der Waals surface area contributed by atoms with Crippen LogP contribution in [0.2, 0.25) is 0 Å². The molecule has 0 spiro atoms. The lowest BCUT2D eigenvalue weighted by Crippen LogP contribution is -2.29. The molecule has 3 N–H and O–H groups in total. The first-order valence-electron chi connectivity index (χ1n) is 5.42. The van der Waals surface area contributed by atoms with Crippen molar-refractivity contribution in [3.05, 3.63) is 41.4 Å². The zero-order chi connectivity index (χ0) is 13.7. The van der Waals surface area contributed by atoms with Gasteiger partial charge >= 0.3 is 5.97 Å². The van der Waals surface area contributed by atoms with Crippen LogP contribution in [0.25, 0.3) is 0 Å². The van der Waals surface area contributed by atoms with E-state index in [1.54, 1.807) is 30.5 Å². The van der Waals surface area contributed by atoms with Gasteiger partial charge in [0.15, 0.2) is 5.13 Å². The minimum atomic E-state index is -1.08. The van der Waals surface area contributed by atoms with Crippen LogP contribution in [0.5, 0.6) is 0 Å². The van der Waals surface area contributed by atoms with Crippen molar-refractivity contribution in [3.8, 4) is 0 Å². The van der Waals surface area contributed by atoms with Crippen molar-refractivity contribution < 1.29 is 14.7 Å². The maximum Gasteiger partial charge on any atom is 0.322 e. The van der Waals surface area contributed by atoms with Crippen molar-refractivity contribution in [1.29, 1.82) is 0 Å². The molecule has 0 aliphatic rings. The summed E-state index contributed by atoms with van der Waals surface area (Å²) in [7, 11) is 0. The van der Waals surface area contributed by atoms with Crippen molar-refractivity contribution in [2.75, 3.05) is 11.9 Å². The average molecular weight is 277 g/mol. The van der Waals surface area contributed by atoms with E-state index in [1.165, 1.54) is 11.3 Å². The van der Waals surface area contributed by atoms with Gasteiger partial charge in [0.2, 0.25) is 0 Å². The second-order valence-electron chi connectivity index (χ2n) is 3.62. The van der Waals surface area contributed by atoms with Gasteiger partial charge in [0.25, 0.3) is 5.91 Å². The third-order valence-electron chi connectivity index (χ3n) is 2.21. The molecule has 0 unspecified atom stereocenters. The van der Waals surface area contributed by atoms with Crippen LogP contribution in [-0.4, -0.2) is 28.5 Å². The molecule has 1 heterocycles. The summed E-state index contributed by atoms with van der Waals surface area (Å²) in [6.45, 7) is -0.400. The smallest absolute Gasteiger partial charge is 0.322 e. The fourth-order valence-electron chi connectivity index (χ4n) is 1.40. The van der Waals surface area contributed by atoms with Crippen LogP contribution >= 0.6 is 11.3 Å². The highest BCUT2D eigenvalue weighted by molar-refractivity contribution is 7.13. The zero-order valence-corrected chi connectivity index (χ0v) is 10.6. The topological polar surface area (TPSA) is 91.3 Å². The normalized spacial score (nSPS) is 9.89. The molecule has 2 rings (SSSR count). The van der Waals surface area contributed by atoms with Gasteiger partial charge in [0.1, 0.15) is 6.54 Å². The van der Waals surface area contributed by atoms with E-state index in [9.17, 15) is 9.59 Å². The van der Waals surface area contributed by atoms with Crippen molar-refractivity contribution in [1.82, 2.24) is 10.3 Å². The monoisotopic (exact) mass is 277 g/mol. The van der Waals surface area contributed by atoms with Crippen LogP contribution in [0.15, 0.2) is 35.8 Å². The number of amides is 1. The molecule has 0 bridgehead atoms. The number of carboxylic acids is 1. The molecule has 6 nitrogen and oxygen atoms in total. The van der Waals surface area contributed by atoms with E-state index in [2.05, 4.69) is 15.6 Å². The van der Waals surface area contributed by atoms with Crippen LogP contribution in [-0.2, 0) is 4.79 Å². The van der Waals surface area contributed by atoms with Gasteiger partial charge in [-0.05, 0) is 18.2 Å². The Morgan fingerprint density at radius 3 is 2.89 bits per heavy atom. The van der Waals surface area contributed by atoms with Crippen LogP contribution in [0.4, 0.5) is 10.8 Å². The zero-order valence-electron chi connectivity index (χ0n) is 9.79. The lowest BCUT2D eigenvalue weighted by atomic mass is 10.2. The first-order valence-corrected chi connectivity index (χ1v) is 6.29. The Morgan fingerprint density at radius 2 is 2.21 bits per heavy atom. The van der Waals surface area contributed by atoms with Gasteiger partial charge in [-0.25, -0.2) is 4.98 Å². The number of rotatable bonds is 5. The molecule has 0 atom stereocenters. The fraction of sp³-hybridized carbons (Fsp3) is 0.0833. The Balaban J connectivity index is 2.06. The number of carbonyl (C=O) groups excluding carboxylic acids is 1. The van der Waals surface area contributed by atoms with E-state index >= 15 is 0 Å². The largest absolute Gasteiger partial charge is 0.480 e. The summed E-state index contributed by atoms with van der Waals surface area (Å²) in [5, 5.41) is 16.4. The van der Waals surface area contributed by atoms with Gasteiger partial charge in [0.05, 0.1) is 0 Å². The lowest BCUT2D eigenvalue weighted by Gasteiger charge is -2.06. The molecule has 98 valence electrons. The Kier molecular flexibility index (Phi) is 4.09. The Labute approximate surface area is 113 Å². The number of hydrogen-bond donors (Lipinski definition) is 3. The predicted molar refractivity (Wildman–Crippen MR) is 71.8 cm³/mol. The Bertz CT molecular complexity index is 584. The molecule has 0 aliphatic carbocycles. The summed E-state index contributed by atoms with van der Waals surface area (Å²) in [5.41, 5.74) is 1.11. The van der Waals surface area contributed by atoms with Gasteiger partial charge in [0, 0.05) is 22.8 Å². The van der Waals surface area contributed by atoms with Gasteiger partial charge in [-0.15, -0.1) is 11.3 Å². The second kappa shape index (κ2) is 5.96. The van der Waals surface area contributed by atoms with Gasteiger partial charge in [-0.2, -0.15) is 0 Å². The minimum Gasteiger partial charge on any atom is -0.480 e. The first-order chi connectivity index (χ1) is 9.15. The van der Waals surface area contributed by atoms with E-state index in [-0.39, 0.29) is 0 Å². The van der Waals surface area contributed by atoms with Gasteiger partial charge in [-0.1, -0.05) is 6.07 Å². The van der Waals surface area contributed by atoms with Crippen molar-refractivity contribution in [2.24, 2.45) is 0 Å². The number of benzene rings is 1. The van der Waals surface area contributed by atoms with Crippen LogP contribution in [0.1, 0.15) is 10.4 Å². The highest BCUT2D eigenvalue weighted by Crippen LogP contribution is 2.19. The molecular weight excluding hydrogens is 266 g/mol. The quantitative estimate of drug-likeness (QED) is 0.773. The SMILES string of the molecule is O=C(O)CNC(=O)c1cccc(Nc2nccs2)c1. The van der Waals surface area contributed by atoms with Crippen LogP contribution in [0.3, 0.4) is 0 Å². The maximum atomic E-state index is 11.7.